The maximum Gasteiger partial charge on any atom is 0.266 e. The van der Waals surface area contributed by atoms with E-state index in [1.165, 1.54) is 6.08 Å². The van der Waals surface area contributed by atoms with Crippen molar-refractivity contribution in [2.75, 3.05) is 19.5 Å². The minimum absolute atomic E-state index is 0.00840. The first-order valence-electron chi connectivity index (χ1n) is 6.87. The molecule has 0 aliphatic heterocycles. The number of amides is 1. The Hall–Kier alpha value is -3.26. The molecule has 0 aliphatic carbocycles. The number of carbonyl (C=O) groups is 1. The monoisotopic (exact) mass is 308 g/mol. The molecule has 0 heterocycles. The summed E-state index contributed by atoms with van der Waals surface area (Å²) in [5.74, 6) is 0.877. The third-order valence-corrected chi connectivity index (χ3v) is 3.12. The van der Waals surface area contributed by atoms with Crippen LogP contribution in [0.3, 0.4) is 0 Å². The van der Waals surface area contributed by atoms with Crippen LogP contribution in [0, 0.1) is 11.3 Å². The van der Waals surface area contributed by atoms with Crippen LogP contribution in [0.4, 0.5) is 5.69 Å². The van der Waals surface area contributed by atoms with Gasteiger partial charge in [-0.2, -0.15) is 5.26 Å². The highest BCUT2D eigenvalue weighted by Gasteiger charge is 2.09. The summed E-state index contributed by atoms with van der Waals surface area (Å²) in [6.45, 7) is 0. The molecule has 23 heavy (non-hydrogen) atoms. The van der Waals surface area contributed by atoms with Crippen LogP contribution in [0.5, 0.6) is 11.5 Å². The third kappa shape index (κ3) is 4.35. The molecule has 0 radical (unpaired) electrons. The summed E-state index contributed by atoms with van der Waals surface area (Å²) in [5, 5.41) is 11.9. The number of benzene rings is 2. The average Bonchev–Trinajstić information content (AvgIpc) is 2.60. The summed E-state index contributed by atoms with van der Waals surface area (Å²) < 4.78 is 10.2. The quantitative estimate of drug-likeness (QED) is 0.680. The highest BCUT2D eigenvalue weighted by molar-refractivity contribution is 6.09. The van der Waals surface area contributed by atoms with Gasteiger partial charge in [0.2, 0.25) is 0 Å². The number of nitrogens with zero attached hydrogens (tertiary/aromatic N) is 1. The predicted octanol–water partition coefficient (Wildman–Crippen LogP) is 3.25. The van der Waals surface area contributed by atoms with Crippen LogP contribution in [0.2, 0.25) is 0 Å². The lowest BCUT2D eigenvalue weighted by Crippen LogP contribution is -2.13. The van der Waals surface area contributed by atoms with Crippen LogP contribution < -0.4 is 14.8 Å². The van der Waals surface area contributed by atoms with Crippen molar-refractivity contribution in [1.82, 2.24) is 0 Å². The number of ether oxygens (including phenoxy) is 2. The van der Waals surface area contributed by atoms with E-state index in [9.17, 15) is 10.1 Å². The number of hydrogen-bond donors (Lipinski definition) is 1. The topological polar surface area (TPSA) is 71.3 Å². The molecule has 2 aromatic carbocycles. The van der Waals surface area contributed by atoms with Gasteiger partial charge in [0.15, 0.2) is 0 Å². The van der Waals surface area contributed by atoms with Gasteiger partial charge in [0.1, 0.15) is 23.1 Å². The molecule has 1 N–H and O–H groups in total. The van der Waals surface area contributed by atoms with Crippen LogP contribution in [-0.2, 0) is 4.79 Å². The molecule has 0 aromatic heterocycles. The molecule has 0 atom stereocenters. The fraction of sp³-hybridized carbons (Fsp3) is 0.111. The number of methoxy groups -OCH3 is 2. The number of nitriles is 1. The molecule has 5 nitrogen and oxygen atoms in total. The standard InChI is InChI=1S/C18H16N2O3/c1-22-16-8-6-15(7-9-16)20-18(21)14(12-19)10-13-4-3-5-17(11-13)23-2/h3-11H,1-2H3,(H,20,21). The fourth-order valence-corrected chi connectivity index (χ4v) is 1.92. The maximum atomic E-state index is 12.2. The summed E-state index contributed by atoms with van der Waals surface area (Å²) in [6.07, 6.45) is 1.52. The van der Waals surface area contributed by atoms with Crippen molar-refractivity contribution in [1.29, 1.82) is 5.26 Å². The SMILES string of the molecule is COc1ccc(NC(=O)C(C#N)=Cc2cccc(OC)c2)cc1. The van der Waals surface area contributed by atoms with Crippen LogP contribution >= 0.6 is 0 Å². The molecular formula is C18H16N2O3. The van der Waals surface area contributed by atoms with E-state index in [1.54, 1.807) is 62.8 Å². The lowest BCUT2D eigenvalue weighted by Gasteiger charge is -2.06. The van der Waals surface area contributed by atoms with E-state index in [-0.39, 0.29) is 5.57 Å². The van der Waals surface area contributed by atoms with Gasteiger partial charge in [0, 0.05) is 5.69 Å². The van der Waals surface area contributed by atoms with Crippen LogP contribution in [0.25, 0.3) is 6.08 Å². The summed E-state index contributed by atoms with van der Waals surface area (Å²) in [4.78, 5) is 12.2. The Morgan fingerprint density at radius 1 is 1.09 bits per heavy atom. The van der Waals surface area contributed by atoms with Gasteiger partial charge >= 0.3 is 0 Å². The van der Waals surface area contributed by atoms with E-state index in [4.69, 9.17) is 9.47 Å². The zero-order chi connectivity index (χ0) is 16.7. The normalized spacial score (nSPS) is 10.6. The highest BCUT2D eigenvalue weighted by Crippen LogP contribution is 2.18. The van der Waals surface area contributed by atoms with Gasteiger partial charge in [0.05, 0.1) is 14.2 Å². The van der Waals surface area contributed by atoms with E-state index in [0.29, 0.717) is 22.7 Å². The third-order valence-electron chi connectivity index (χ3n) is 3.12. The van der Waals surface area contributed by atoms with Crippen molar-refractivity contribution in [2.45, 2.75) is 0 Å². The Kier molecular flexibility index (Phi) is 5.37. The number of anilines is 1. The van der Waals surface area contributed by atoms with E-state index in [2.05, 4.69) is 5.32 Å². The second-order valence-corrected chi connectivity index (χ2v) is 4.63. The molecule has 0 bridgehead atoms. The molecule has 2 aromatic rings. The van der Waals surface area contributed by atoms with Crippen LogP contribution in [-0.4, -0.2) is 20.1 Å². The summed E-state index contributed by atoms with van der Waals surface area (Å²) in [6, 6.07) is 15.9. The Balaban J connectivity index is 2.17. The van der Waals surface area contributed by atoms with E-state index < -0.39 is 5.91 Å². The molecule has 0 spiro atoms. The first kappa shape index (κ1) is 16.1. The molecule has 0 unspecified atom stereocenters. The molecule has 5 heteroatoms. The fourth-order valence-electron chi connectivity index (χ4n) is 1.92. The van der Waals surface area contributed by atoms with Crippen molar-refractivity contribution in [3.63, 3.8) is 0 Å². The Labute approximate surface area is 134 Å². The minimum Gasteiger partial charge on any atom is -0.497 e. The lowest BCUT2D eigenvalue weighted by molar-refractivity contribution is -0.112. The highest BCUT2D eigenvalue weighted by atomic mass is 16.5. The summed E-state index contributed by atoms with van der Waals surface area (Å²) in [5.41, 5.74) is 1.31. The molecule has 0 saturated heterocycles. The Morgan fingerprint density at radius 3 is 2.39 bits per heavy atom. The molecule has 0 aliphatic rings. The minimum atomic E-state index is -0.472. The van der Waals surface area contributed by atoms with Gasteiger partial charge in [-0.1, -0.05) is 12.1 Å². The molecular weight excluding hydrogens is 292 g/mol. The van der Waals surface area contributed by atoms with Crippen molar-refractivity contribution >= 4 is 17.7 Å². The van der Waals surface area contributed by atoms with Gasteiger partial charge in [-0.15, -0.1) is 0 Å². The van der Waals surface area contributed by atoms with Gasteiger partial charge in [-0.05, 0) is 48.0 Å². The van der Waals surface area contributed by atoms with E-state index in [0.717, 1.165) is 0 Å². The van der Waals surface area contributed by atoms with Gasteiger partial charge in [0.25, 0.3) is 5.91 Å². The summed E-state index contributed by atoms with van der Waals surface area (Å²) >= 11 is 0. The van der Waals surface area contributed by atoms with Gasteiger partial charge in [-0.25, -0.2) is 0 Å². The average molecular weight is 308 g/mol. The smallest absolute Gasteiger partial charge is 0.266 e. The lowest BCUT2D eigenvalue weighted by atomic mass is 10.1. The van der Waals surface area contributed by atoms with E-state index in [1.807, 2.05) is 6.07 Å². The molecule has 0 saturated carbocycles. The van der Waals surface area contributed by atoms with Crippen molar-refractivity contribution < 1.29 is 14.3 Å². The molecule has 2 rings (SSSR count). The maximum absolute atomic E-state index is 12.2. The Morgan fingerprint density at radius 2 is 1.78 bits per heavy atom. The largest absolute Gasteiger partial charge is 0.497 e. The second-order valence-electron chi connectivity index (χ2n) is 4.63. The first-order chi connectivity index (χ1) is 11.2. The number of rotatable bonds is 5. The number of nitrogens with one attached hydrogen (secondary N) is 1. The molecule has 116 valence electrons. The Bertz CT molecular complexity index is 759. The second kappa shape index (κ2) is 7.66. The summed E-state index contributed by atoms with van der Waals surface area (Å²) in [7, 11) is 3.13. The van der Waals surface area contributed by atoms with Crippen molar-refractivity contribution in [3.05, 3.63) is 59.7 Å². The number of hydrogen-bond acceptors (Lipinski definition) is 4. The van der Waals surface area contributed by atoms with Crippen LogP contribution in [0.15, 0.2) is 54.1 Å². The molecule has 0 fully saturated rings. The molecule has 1 amide bonds. The number of carbonyl (C=O) groups excluding carboxylic acids is 1. The predicted molar refractivity (Wildman–Crippen MR) is 88.2 cm³/mol. The van der Waals surface area contributed by atoms with Crippen molar-refractivity contribution in [2.24, 2.45) is 0 Å². The van der Waals surface area contributed by atoms with E-state index >= 15 is 0 Å². The van der Waals surface area contributed by atoms with Gasteiger partial charge in [-0.3, -0.25) is 4.79 Å². The zero-order valence-electron chi connectivity index (χ0n) is 12.9. The first-order valence-corrected chi connectivity index (χ1v) is 6.87. The van der Waals surface area contributed by atoms with Crippen LogP contribution in [0.1, 0.15) is 5.56 Å². The zero-order valence-corrected chi connectivity index (χ0v) is 12.9. The van der Waals surface area contributed by atoms with Gasteiger partial charge < -0.3 is 14.8 Å². The van der Waals surface area contributed by atoms with Crippen molar-refractivity contribution in [3.8, 4) is 17.6 Å².